The number of aromatic nitrogens is 3. The molecule has 4 unspecified atom stereocenters. The molecule has 496 valence electrons. The van der Waals surface area contributed by atoms with Crippen LogP contribution in [0.15, 0.2) is 6.20 Å². The smallest absolute Gasteiger partial charge is 0.459 e. The number of carbonyl (C=O) groups excluding carboxylic acids is 3. The number of hydrogen-bond acceptors (Lipinski definition) is 22. The van der Waals surface area contributed by atoms with Crippen LogP contribution >= 0.6 is 11.8 Å². The SMILES string of the molecule is CC(COCC(F)(F)C(F)(F)C(F)(F)F)OC(=O)C(SCc1cn([C@@H]2O[C@H](CO)[C@@H](O[C@@H]3O[C@H](CO)[C@H](O)[C@H](O)[C@H]3O)[C@H](O)[C@H]2O)nn1)C(C(=O)OC(C)COCC(F)(F)C(F)(F)C(F)(F)F)C(=O)OC(C)COCC(F)(F)C(F)(F)C(F)(F)F. The van der Waals surface area contributed by atoms with Gasteiger partial charge in [-0.25, -0.2) is 4.68 Å². The topological polar surface area (TPSA) is 307 Å². The third kappa shape index (κ3) is 17.8. The van der Waals surface area contributed by atoms with Gasteiger partial charge in [-0.2, -0.15) is 92.2 Å². The van der Waals surface area contributed by atoms with Gasteiger partial charge in [0.15, 0.2) is 18.4 Å². The van der Waals surface area contributed by atoms with E-state index >= 15 is 0 Å². The molecule has 7 N–H and O–H groups in total. The molecule has 0 aliphatic carbocycles. The second kappa shape index (κ2) is 28.6. The average molecular weight is 1320 g/mol. The molecule has 3 heterocycles. The Kier molecular flexibility index (Phi) is 25.3. The summed E-state index contributed by atoms with van der Waals surface area (Å²) in [4.78, 5) is 41.6. The molecule has 2 aliphatic rings. The maximum absolute atomic E-state index is 14.0. The average Bonchev–Trinajstić information content (AvgIpc) is 2.90. The number of esters is 3. The van der Waals surface area contributed by atoms with E-state index < -0.39 is 227 Å². The molecule has 0 spiro atoms. The Labute approximate surface area is 465 Å². The molecule has 44 heteroatoms. The normalized spacial score (nSPS) is 26.3. The Morgan fingerprint density at radius 2 is 0.941 bits per heavy atom. The number of thioether (sulfide) groups is 1. The highest BCUT2D eigenvalue weighted by molar-refractivity contribution is 7.99. The van der Waals surface area contributed by atoms with Crippen LogP contribution in [-0.4, -0.2) is 254 Å². The van der Waals surface area contributed by atoms with Crippen molar-refractivity contribution < 1.29 is 185 Å². The van der Waals surface area contributed by atoms with Gasteiger partial charge in [0.05, 0.1) is 44.9 Å². The number of aliphatic hydroxyl groups excluding tert-OH is 7. The zero-order valence-electron chi connectivity index (χ0n) is 42.8. The molecule has 22 nitrogen and oxygen atoms in total. The van der Waals surface area contributed by atoms with Crippen LogP contribution < -0.4 is 0 Å². The number of nitrogens with zero attached hydrogens (tertiary/aromatic N) is 3. The molecule has 0 amide bonds. The maximum Gasteiger partial charge on any atom is 0.459 e. The minimum Gasteiger partial charge on any atom is -0.460 e. The van der Waals surface area contributed by atoms with Crippen molar-refractivity contribution in [3.05, 3.63) is 11.9 Å². The Hall–Kier alpha value is -4.09. The van der Waals surface area contributed by atoms with Crippen molar-refractivity contribution in [2.24, 2.45) is 5.92 Å². The summed E-state index contributed by atoms with van der Waals surface area (Å²) in [5, 5.41) is 76.9. The van der Waals surface area contributed by atoms with Gasteiger partial charge in [0.25, 0.3) is 0 Å². The molecular formula is C41H50F21N3O19S. The Bertz CT molecular complexity index is 2260. The Morgan fingerprint density at radius 1 is 0.553 bits per heavy atom. The monoisotopic (exact) mass is 1320 g/mol. The molecule has 2 saturated heterocycles. The first-order chi connectivity index (χ1) is 38.5. The van der Waals surface area contributed by atoms with E-state index in [1.807, 2.05) is 0 Å². The summed E-state index contributed by atoms with van der Waals surface area (Å²) in [5.74, 6) is -49.0. The summed E-state index contributed by atoms with van der Waals surface area (Å²) in [6.45, 7) is -13.5. The van der Waals surface area contributed by atoms with Gasteiger partial charge in [-0.05, 0) is 20.8 Å². The first kappa shape index (κ1) is 75.2. The van der Waals surface area contributed by atoms with Crippen LogP contribution in [0.1, 0.15) is 32.7 Å². The molecule has 85 heavy (non-hydrogen) atoms. The number of rotatable bonds is 30. The predicted molar refractivity (Wildman–Crippen MR) is 227 cm³/mol. The van der Waals surface area contributed by atoms with E-state index in [1.165, 1.54) is 0 Å². The number of carbonyl (C=O) groups is 3. The van der Waals surface area contributed by atoms with Gasteiger partial charge in [0.1, 0.15) is 92.2 Å². The highest BCUT2D eigenvalue weighted by Crippen LogP contribution is 2.49. The Morgan fingerprint density at radius 3 is 1.32 bits per heavy atom. The molecule has 1 aromatic rings. The zero-order chi connectivity index (χ0) is 65.6. The van der Waals surface area contributed by atoms with Gasteiger partial charge in [0, 0.05) is 5.75 Å². The van der Waals surface area contributed by atoms with Crippen LogP contribution in [0.4, 0.5) is 92.2 Å². The zero-order valence-corrected chi connectivity index (χ0v) is 43.6. The first-order valence-corrected chi connectivity index (χ1v) is 24.5. The standard InChI is InChI=1S/C41H50F21N3O19S/c1-14(7-76-11-33(42,43)36(48,49)39(54,55)56)79-29(73)20(30(74)80-15(2)8-77-12-34(44,45)37(50,51)40(57,58)59)27(31(75)81-16(3)9-78-13-35(46,47)38(52,53)41(60,61)62)85-10-17-4-65(64-63-17)28-24(71)23(70)26(19(6-67)82-28)84-32-25(72)22(69)21(68)18(5-66)83-32/h4,14-16,18-28,32,66-72H,5-13H2,1-3H3/t14?,15?,16?,18-,19-,20?,21+,22+,23-,24-,25-,26-,27?,28-,32+/m1/s1. The number of aliphatic hydroxyl groups is 7. The fourth-order valence-corrected chi connectivity index (χ4v) is 8.06. The van der Waals surface area contributed by atoms with E-state index in [0.29, 0.717) is 25.5 Å². The van der Waals surface area contributed by atoms with Gasteiger partial charge in [0.2, 0.25) is 0 Å². The molecular weight excluding hydrogens is 1270 g/mol. The quantitative estimate of drug-likeness (QED) is 0.0252. The van der Waals surface area contributed by atoms with Crippen LogP contribution in [0.3, 0.4) is 0 Å². The fraction of sp³-hybridized carbons (Fsp3) is 0.878. The van der Waals surface area contributed by atoms with Crippen molar-refractivity contribution in [1.29, 1.82) is 0 Å². The molecule has 0 bridgehead atoms. The van der Waals surface area contributed by atoms with Crippen LogP contribution in [0.25, 0.3) is 0 Å². The van der Waals surface area contributed by atoms with Gasteiger partial charge in [-0.3, -0.25) is 14.4 Å². The van der Waals surface area contributed by atoms with E-state index in [0.717, 1.165) is 6.20 Å². The number of alkyl halides is 21. The minimum absolute atomic E-state index is 0.105. The van der Waals surface area contributed by atoms with E-state index in [4.69, 9.17) is 28.4 Å². The second-order valence-electron chi connectivity index (χ2n) is 18.5. The lowest BCUT2D eigenvalue weighted by Crippen LogP contribution is -2.63. The third-order valence-corrected chi connectivity index (χ3v) is 12.8. The Balaban J connectivity index is 2.04. The molecule has 3 rings (SSSR count). The molecule has 0 aromatic carbocycles. The third-order valence-electron chi connectivity index (χ3n) is 11.6. The molecule has 2 aliphatic heterocycles. The van der Waals surface area contributed by atoms with Crippen LogP contribution in [-0.2, 0) is 62.8 Å². The largest absolute Gasteiger partial charge is 0.460 e. The van der Waals surface area contributed by atoms with Crippen molar-refractivity contribution in [2.45, 2.75) is 165 Å². The predicted octanol–water partition coefficient (Wildman–Crippen LogP) is 2.64. The van der Waals surface area contributed by atoms with Crippen molar-refractivity contribution in [1.82, 2.24) is 15.0 Å². The second-order valence-corrected chi connectivity index (χ2v) is 19.7. The maximum atomic E-state index is 14.0. The first-order valence-electron chi connectivity index (χ1n) is 23.5. The summed E-state index contributed by atoms with van der Waals surface area (Å²) in [6, 6.07) is 0. The molecule has 0 radical (unpaired) electrons. The summed E-state index contributed by atoms with van der Waals surface area (Å²) < 4.78 is 323. The summed E-state index contributed by atoms with van der Waals surface area (Å²) in [6.07, 6.45) is -46.2. The number of hydrogen-bond donors (Lipinski definition) is 7. The van der Waals surface area contributed by atoms with Crippen LogP contribution in [0.5, 0.6) is 0 Å². The van der Waals surface area contributed by atoms with Crippen LogP contribution in [0, 0.1) is 5.92 Å². The summed E-state index contributed by atoms with van der Waals surface area (Å²) >= 11 is -0.105. The molecule has 14 atom stereocenters. The molecule has 1 aromatic heterocycles. The van der Waals surface area contributed by atoms with Gasteiger partial charge < -0.3 is 78.4 Å². The van der Waals surface area contributed by atoms with Gasteiger partial charge in [-0.15, -0.1) is 16.9 Å². The minimum atomic E-state index is -6.88. The number of ether oxygens (including phenoxy) is 9. The van der Waals surface area contributed by atoms with E-state index in [1.54, 1.807) is 0 Å². The lowest BCUT2D eigenvalue weighted by atomic mass is 9.96. The van der Waals surface area contributed by atoms with Gasteiger partial charge in [-0.1, -0.05) is 5.21 Å². The van der Waals surface area contributed by atoms with Gasteiger partial charge >= 0.3 is 72.0 Å². The molecule has 2 fully saturated rings. The van der Waals surface area contributed by atoms with Crippen molar-refractivity contribution >= 4 is 29.7 Å². The highest BCUT2D eigenvalue weighted by atomic mass is 32.2. The summed E-state index contributed by atoms with van der Waals surface area (Å²) in [7, 11) is 0. The van der Waals surface area contributed by atoms with Crippen LogP contribution in [0.2, 0.25) is 0 Å². The van der Waals surface area contributed by atoms with Crippen molar-refractivity contribution in [2.75, 3.05) is 52.9 Å². The fourth-order valence-electron chi connectivity index (χ4n) is 6.98. The van der Waals surface area contributed by atoms with Crippen molar-refractivity contribution in [3.8, 4) is 0 Å². The van der Waals surface area contributed by atoms with E-state index in [-0.39, 0.29) is 11.8 Å². The van der Waals surface area contributed by atoms with Crippen molar-refractivity contribution in [3.63, 3.8) is 0 Å². The van der Waals surface area contributed by atoms with E-state index in [9.17, 15) is 142 Å². The number of halogens is 21. The molecule has 0 saturated carbocycles. The van der Waals surface area contributed by atoms with E-state index in [2.05, 4.69) is 24.5 Å². The lowest BCUT2D eigenvalue weighted by Gasteiger charge is -2.45. The summed E-state index contributed by atoms with van der Waals surface area (Å²) in [5.41, 5.74) is -0.533. The lowest BCUT2D eigenvalue weighted by molar-refractivity contribution is -0.362. The highest BCUT2D eigenvalue weighted by Gasteiger charge is 2.75.